The Morgan fingerprint density at radius 3 is 2.34 bits per heavy atom. The van der Waals surface area contributed by atoms with Crippen molar-refractivity contribution < 1.29 is 20.8 Å². The quantitative estimate of drug-likeness (QED) is 0.132. The predicted molar refractivity (Wildman–Crippen MR) is 165 cm³/mol. The van der Waals surface area contributed by atoms with Crippen LogP contribution in [0.25, 0.3) is 33.0 Å². The minimum Gasteiger partial charge on any atom is -0.184 e. The third-order valence-corrected chi connectivity index (χ3v) is 8.43. The first-order valence-corrected chi connectivity index (χ1v) is 20.5. The van der Waals surface area contributed by atoms with Crippen LogP contribution in [0.5, 0.6) is 0 Å². The molecule has 0 bridgehead atoms. The molecular weight excluding hydrogens is 599 g/mol. The molecular formula is C34H32Cl2SiZr. The summed E-state index contributed by atoms with van der Waals surface area (Å²) in [5.74, 6) is 0.587. The van der Waals surface area contributed by atoms with E-state index >= 15 is 0 Å². The normalized spacial score (nSPS) is 11.8. The van der Waals surface area contributed by atoms with E-state index in [9.17, 15) is 0 Å². The molecule has 0 spiro atoms. The first kappa shape index (κ1) is 29.2. The van der Waals surface area contributed by atoms with Gasteiger partial charge in [0.2, 0.25) is 0 Å². The van der Waals surface area contributed by atoms with Crippen molar-refractivity contribution in [1.82, 2.24) is 0 Å². The minimum atomic E-state index is -0.826. The summed E-state index contributed by atoms with van der Waals surface area (Å²) in [6.45, 7) is 6.86. The molecule has 190 valence electrons. The maximum absolute atomic E-state index is 4.93. The molecule has 1 aliphatic heterocycles. The Hall–Kier alpha value is -1.83. The number of hydrogen-bond acceptors (Lipinski definition) is 0. The van der Waals surface area contributed by atoms with Gasteiger partial charge in [-0.3, -0.25) is 0 Å². The van der Waals surface area contributed by atoms with Crippen LogP contribution in [0.4, 0.5) is 0 Å². The summed E-state index contributed by atoms with van der Waals surface area (Å²) in [5.41, 5.74) is 8.50. The van der Waals surface area contributed by atoms with E-state index in [0.29, 0.717) is 5.92 Å². The van der Waals surface area contributed by atoms with Gasteiger partial charge in [-0.2, -0.15) is 35.5 Å². The molecule has 4 heteroatoms. The van der Waals surface area contributed by atoms with Crippen LogP contribution in [-0.4, -0.2) is 9.52 Å². The third-order valence-electron chi connectivity index (χ3n) is 7.06. The SMILES string of the molecule is CCCc1cc2c(-c3ccccc3)c(C(C)CC)ccc2[cH-]1.[Cl][Zr+2][Cl].[c-]1cccc2c1[Si]c1ccccc1-2. The zero-order chi connectivity index (χ0) is 26.9. The van der Waals surface area contributed by atoms with Gasteiger partial charge < -0.3 is 0 Å². The Bertz CT molecular complexity index is 1410. The van der Waals surface area contributed by atoms with Crippen molar-refractivity contribution in [1.29, 1.82) is 0 Å². The summed E-state index contributed by atoms with van der Waals surface area (Å²) in [5, 5.41) is 5.63. The van der Waals surface area contributed by atoms with Gasteiger partial charge in [0.25, 0.3) is 0 Å². The van der Waals surface area contributed by atoms with E-state index in [1.54, 1.807) is 0 Å². The molecule has 0 saturated heterocycles. The first-order valence-electron chi connectivity index (χ1n) is 13.2. The van der Waals surface area contributed by atoms with Crippen LogP contribution in [0.1, 0.15) is 50.7 Å². The largest absolute Gasteiger partial charge is 0.184 e. The molecule has 2 radical (unpaired) electrons. The molecule has 0 nitrogen and oxygen atoms in total. The number of benzene rings is 4. The molecule has 0 saturated carbocycles. The molecule has 6 rings (SSSR count). The summed E-state index contributed by atoms with van der Waals surface area (Å²) in [7, 11) is 10.7. The number of hydrogen-bond donors (Lipinski definition) is 0. The summed E-state index contributed by atoms with van der Waals surface area (Å²) >= 11 is -0.826. The zero-order valence-electron chi connectivity index (χ0n) is 22.2. The van der Waals surface area contributed by atoms with Crippen molar-refractivity contribution in [3.05, 3.63) is 114 Å². The maximum Gasteiger partial charge on any atom is 0.0920 e. The Kier molecular flexibility index (Phi) is 11.1. The van der Waals surface area contributed by atoms with Crippen molar-refractivity contribution >= 4 is 47.7 Å². The number of fused-ring (bicyclic) bond motifs is 4. The molecule has 5 aromatic carbocycles. The van der Waals surface area contributed by atoms with Crippen molar-refractivity contribution in [2.45, 2.75) is 46.0 Å². The average molecular weight is 631 g/mol. The molecule has 1 atom stereocenters. The monoisotopic (exact) mass is 628 g/mol. The Morgan fingerprint density at radius 2 is 1.61 bits per heavy atom. The number of halogens is 2. The van der Waals surface area contributed by atoms with Gasteiger partial charge in [0.05, 0.1) is 9.52 Å². The van der Waals surface area contributed by atoms with Gasteiger partial charge in [-0.15, -0.1) is 40.1 Å². The Morgan fingerprint density at radius 1 is 0.895 bits per heavy atom. The van der Waals surface area contributed by atoms with Gasteiger partial charge in [-0.1, -0.05) is 104 Å². The molecule has 0 fully saturated rings. The van der Waals surface area contributed by atoms with Gasteiger partial charge >= 0.3 is 37.9 Å². The smallest absolute Gasteiger partial charge is 0.0920 e. The molecule has 1 aliphatic rings. The predicted octanol–water partition coefficient (Wildman–Crippen LogP) is 9.19. The molecule has 38 heavy (non-hydrogen) atoms. The summed E-state index contributed by atoms with van der Waals surface area (Å²) in [4.78, 5) is 0. The Labute approximate surface area is 249 Å². The summed E-state index contributed by atoms with van der Waals surface area (Å²) < 4.78 is 0. The maximum atomic E-state index is 4.93. The molecule has 1 unspecified atom stereocenters. The van der Waals surface area contributed by atoms with Gasteiger partial charge in [-0.05, 0) is 24.3 Å². The van der Waals surface area contributed by atoms with Crippen LogP contribution in [0.3, 0.4) is 0 Å². The zero-order valence-corrected chi connectivity index (χ0v) is 27.2. The fourth-order valence-corrected chi connectivity index (χ4v) is 6.39. The van der Waals surface area contributed by atoms with E-state index in [-0.39, 0.29) is 0 Å². The van der Waals surface area contributed by atoms with E-state index in [0.717, 1.165) is 9.52 Å². The summed E-state index contributed by atoms with van der Waals surface area (Å²) in [6.07, 6.45) is 3.55. The van der Waals surface area contributed by atoms with Gasteiger partial charge in [0.15, 0.2) is 0 Å². The van der Waals surface area contributed by atoms with Crippen molar-refractivity contribution in [2.24, 2.45) is 0 Å². The average Bonchev–Trinajstić information content (AvgIpc) is 3.54. The molecule has 5 aromatic rings. The second kappa shape index (κ2) is 14.5. The molecule has 0 N–H and O–H groups in total. The molecule has 0 aromatic heterocycles. The van der Waals surface area contributed by atoms with Gasteiger partial charge in [0.1, 0.15) is 0 Å². The topological polar surface area (TPSA) is 0 Å². The molecule has 0 amide bonds. The van der Waals surface area contributed by atoms with Gasteiger partial charge in [0, 0.05) is 0 Å². The van der Waals surface area contributed by atoms with E-state index in [1.807, 2.05) is 6.07 Å². The van der Waals surface area contributed by atoms with Crippen molar-refractivity contribution in [3.8, 4) is 22.3 Å². The van der Waals surface area contributed by atoms with Crippen LogP contribution in [0, 0.1) is 6.07 Å². The van der Waals surface area contributed by atoms with E-state index in [2.05, 4.69) is 118 Å². The van der Waals surface area contributed by atoms with Gasteiger partial charge in [-0.25, -0.2) is 0 Å². The minimum absolute atomic E-state index is 0.587. The van der Waals surface area contributed by atoms with Crippen LogP contribution in [-0.2, 0) is 27.3 Å². The first-order chi connectivity index (χ1) is 18.6. The van der Waals surface area contributed by atoms with Crippen LogP contribution < -0.4 is 10.4 Å². The van der Waals surface area contributed by atoms with E-state index < -0.39 is 20.8 Å². The third kappa shape index (κ3) is 6.83. The standard InChI is InChI=1S/C22H25.C12H7Si.2ClH.Zr/c1-4-9-17-14-19-12-13-20(16(3)5-2)22(21(19)15-17)18-10-7-6-8-11-18;1-3-7-11-9(5-1)10-6-2-4-8-12(10)13-11;;;/h6-8,10-16H,4-5,9H2,1-3H3;1-7H;2*1H;/q2*-1;;;+4/p-2. The van der Waals surface area contributed by atoms with Crippen molar-refractivity contribution in [2.75, 3.05) is 0 Å². The second-order valence-electron chi connectivity index (χ2n) is 9.52. The van der Waals surface area contributed by atoms with Crippen LogP contribution >= 0.6 is 17.0 Å². The summed E-state index contributed by atoms with van der Waals surface area (Å²) in [6, 6.07) is 38.5. The van der Waals surface area contributed by atoms with E-state index in [4.69, 9.17) is 17.0 Å². The fraction of sp³-hybridized carbons (Fsp3) is 0.206. The van der Waals surface area contributed by atoms with Crippen LogP contribution in [0.2, 0.25) is 0 Å². The number of rotatable bonds is 5. The molecule has 0 aliphatic carbocycles. The fourth-order valence-electron chi connectivity index (χ4n) is 5.08. The second-order valence-corrected chi connectivity index (χ2v) is 14.5. The van der Waals surface area contributed by atoms with E-state index in [1.165, 1.54) is 73.8 Å². The van der Waals surface area contributed by atoms with Crippen LogP contribution in [0.15, 0.2) is 97.1 Å². The number of aryl methyl sites for hydroxylation is 1. The van der Waals surface area contributed by atoms with Crippen molar-refractivity contribution in [3.63, 3.8) is 0 Å². The Balaban J connectivity index is 0.000000177. The molecule has 1 heterocycles.